The molecule has 2 heterocycles. The molecule has 1 saturated carbocycles. The predicted molar refractivity (Wildman–Crippen MR) is 110 cm³/mol. The molecule has 0 bridgehead atoms. The van der Waals surface area contributed by atoms with Crippen LogP contribution in [0.25, 0.3) is 0 Å². The minimum atomic E-state index is -3.52. The molecule has 0 spiro atoms. The van der Waals surface area contributed by atoms with Crippen molar-refractivity contribution in [1.29, 1.82) is 0 Å². The number of benzene rings is 1. The first-order chi connectivity index (χ1) is 15.2. The molecule has 3 amide bonds. The Hall–Kier alpha value is -2.42. The zero-order valence-electron chi connectivity index (χ0n) is 18.0. The van der Waals surface area contributed by atoms with Crippen molar-refractivity contribution in [3.05, 3.63) is 34.9 Å². The van der Waals surface area contributed by atoms with Gasteiger partial charge in [0.2, 0.25) is 11.8 Å². The molecule has 4 rings (SSSR count). The number of imide groups is 1. The molecular formula is C23H28F3N3O3. The fourth-order valence-electron chi connectivity index (χ4n) is 5.11. The Kier molecular flexibility index (Phi) is 6.29. The summed E-state index contributed by atoms with van der Waals surface area (Å²) in [4.78, 5) is 37.9. The number of carbonyl (C=O) groups is 3. The van der Waals surface area contributed by atoms with Crippen LogP contribution >= 0.6 is 0 Å². The van der Waals surface area contributed by atoms with Crippen LogP contribution in [0.3, 0.4) is 0 Å². The summed E-state index contributed by atoms with van der Waals surface area (Å²) in [6.07, 6.45) is -0.137. The molecule has 1 aromatic rings. The molecular weight excluding hydrogens is 423 g/mol. The van der Waals surface area contributed by atoms with E-state index in [4.69, 9.17) is 0 Å². The van der Waals surface area contributed by atoms with Crippen LogP contribution in [0.1, 0.15) is 68.2 Å². The highest BCUT2D eigenvalue weighted by molar-refractivity contribution is 6.00. The average Bonchev–Trinajstić information content (AvgIpc) is 3.08. The van der Waals surface area contributed by atoms with Crippen molar-refractivity contribution in [2.45, 2.75) is 82.7 Å². The van der Waals surface area contributed by atoms with Gasteiger partial charge in [-0.3, -0.25) is 24.6 Å². The number of fused-ring (bicyclic) bond motifs is 1. The van der Waals surface area contributed by atoms with Crippen LogP contribution in [0, 0.1) is 5.92 Å². The Morgan fingerprint density at radius 3 is 2.59 bits per heavy atom. The van der Waals surface area contributed by atoms with Gasteiger partial charge in [0.05, 0.1) is 6.04 Å². The molecule has 32 heavy (non-hydrogen) atoms. The number of alkyl halides is 3. The number of hydrogen-bond donors (Lipinski definition) is 2. The zero-order valence-corrected chi connectivity index (χ0v) is 18.0. The first kappa shape index (κ1) is 22.8. The van der Waals surface area contributed by atoms with Crippen LogP contribution in [0.15, 0.2) is 18.2 Å². The maximum absolute atomic E-state index is 14.5. The summed E-state index contributed by atoms with van der Waals surface area (Å²) in [6.45, 7) is 2.46. The fraction of sp³-hybridized carbons (Fsp3) is 0.609. The summed E-state index contributed by atoms with van der Waals surface area (Å²) in [5.74, 6) is -6.52. The molecule has 1 saturated heterocycles. The molecule has 0 radical (unpaired) electrons. The van der Waals surface area contributed by atoms with Crippen molar-refractivity contribution in [1.82, 2.24) is 15.5 Å². The van der Waals surface area contributed by atoms with E-state index in [2.05, 4.69) is 10.6 Å². The number of piperidine rings is 1. The number of halogens is 3. The highest BCUT2D eigenvalue weighted by Crippen LogP contribution is 2.39. The van der Waals surface area contributed by atoms with Crippen molar-refractivity contribution in [3.63, 3.8) is 0 Å². The van der Waals surface area contributed by atoms with Gasteiger partial charge in [0.15, 0.2) is 0 Å². The molecule has 9 heteroatoms. The van der Waals surface area contributed by atoms with E-state index < -0.39 is 30.0 Å². The highest BCUT2D eigenvalue weighted by atomic mass is 19.3. The van der Waals surface area contributed by atoms with E-state index in [0.29, 0.717) is 24.9 Å². The van der Waals surface area contributed by atoms with Crippen LogP contribution in [0.4, 0.5) is 13.2 Å². The highest BCUT2D eigenvalue weighted by Gasteiger charge is 2.48. The molecule has 1 aliphatic carbocycles. The van der Waals surface area contributed by atoms with Crippen molar-refractivity contribution < 1.29 is 27.6 Å². The standard InChI is InChI=1S/C23H28F3N3O3/c1-13-18-7-2-14(10-15(18)12-29(13)19-8-9-20(30)28-21(19)31)11-27-22(32)23(25,26)16-3-5-17(24)6-4-16/h2,7,10,13,16-17,19H,3-6,8-9,11-12H2,1H3,(H,27,32)(H,28,30,31). The molecule has 2 fully saturated rings. The lowest BCUT2D eigenvalue weighted by Crippen LogP contribution is -2.51. The summed E-state index contributed by atoms with van der Waals surface area (Å²) in [5, 5.41) is 4.72. The van der Waals surface area contributed by atoms with Gasteiger partial charge < -0.3 is 5.32 Å². The van der Waals surface area contributed by atoms with Gasteiger partial charge in [0, 0.05) is 31.5 Å². The summed E-state index contributed by atoms with van der Waals surface area (Å²) < 4.78 is 42.3. The number of nitrogens with zero attached hydrogens (tertiary/aromatic N) is 1. The fourth-order valence-corrected chi connectivity index (χ4v) is 5.11. The summed E-state index contributed by atoms with van der Waals surface area (Å²) in [7, 11) is 0. The molecule has 0 aromatic heterocycles. The molecule has 2 atom stereocenters. The topological polar surface area (TPSA) is 78.5 Å². The SMILES string of the molecule is CC1c2ccc(CNC(=O)C(F)(F)C3CCC(F)CC3)cc2CN1C1CCC(=O)NC1=O. The van der Waals surface area contributed by atoms with Crippen LogP contribution in [0.5, 0.6) is 0 Å². The molecule has 174 valence electrons. The van der Waals surface area contributed by atoms with Gasteiger partial charge in [-0.1, -0.05) is 18.2 Å². The lowest BCUT2D eigenvalue weighted by atomic mass is 9.83. The van der Waals surface area contributed by atoms with Crippen molar-refractivity contribution in [2.24, 2.45) is 5.92 Å². The van der Waals surface area contributed by atoms with Crippen LogP contribution in [0.2, 0.25) is 0 Å². The van der Waals surface area contributed by atoms with Crippen LogP contribution in [-0.4, -0.2) is 40.8 Å². The molecule has 2 aliphatic heterocycles. The van der Waals surface area contributed by atoms with Crippen LogP contribution < -0.4 is 10.6 Å². The van der Waals surface area contributed by atoms with Gasteiger partial charge in [-0.2, -0.15) is 8.78 Å². The lowest BCUT2D eigenvalue weighted by Gasteiger charge is -2.32. The van der Waals surface area contributed by atoms with E-state index >= 15 is 0 Å². The van der Waals surface area contributed by atoms with Gasteiger partial charge in [0.25, 0.3) is 5.91 Å². The summed E-state index contributed by atoms with van der Waals surface area (Å²) >= 11 is 0. The largest absolute Gasteiger partial charge is 0.347 e. The minimum Gasteiger partial charge on any atom is -0.347 e. The Bertz CT molecular complexity index is 915. The third kappa shape index (κ3) is 4.40. The van der Waals surface area contributed by atoms with E-state index in [1.807, 2.05) is 24.0 Å². The summed E-state index contributed by atoms with van der Waals surface area (Å²) in [5.41, 5.74) is 2.71. The number of hydrogen-bond acceptors (Lipinski definition) is 4. The van der Waals surface area contributed by atoms with E-state index in [-0.39, 0.29) is 50.1 Å². The third-order valence-electron chi connectivity index (χ3n) is 7.04. The molecule has 6 nitrogen and oxygen atoms in total. The first-order valence-corrected chi connectivity index (χ1v) is 11.2. The first-order valence-electron chi connectivity index (χ1n) is 11.2. The normalized spacial score (nSPS) is 28.9. The molecule has 3 aliphatic rings. The van der Waals surface area contributed by atoms with E-state index in [9.17, 15) is 27.6 Å². The Morgan fingerprint density at radius 2 is 1.91 bits per heavy atom. The Morgan fingerprint density at radius 1 is 1.19 bits per heavy atom. The predicted octanol–water partition coefficient (Wildman–Crippen LogP) is 3.15. The van der Waals surface area contributed by atoms with Crippen LogP contribution in [-0.2, 0) is 27.5 Å². The summed E-state index contributed by atoms with van der Waals surface area (Å²) in [6, 6.07) is 5.14. The maximum atomic E-state index is 14.5. The van der Waals surface area contributed by atoms with E-state index in [0.717, 1.165) is 11.1 Å². The second-order valence-electron chi connectivity index (χ2n) is 9.10. The molecule has 2 N–H and O–H groups in total. The van der Waals surface area contributed by atoms with Gasteiger partial charge in [-0.15, -0.1) is 0 Å². The third-order valence-corrected chi connectivity index (χ3v) is 7.04. The van der Waals surface area contributed by atoms with Gasteiger partial charge >= 0.3 is 5.92 Å². The monoisotopic (exact) mass is 451 g/mol. The van der Waals surface area contributed by atoms with Crippen molar-refractivity contribution in [3.8, 4) is 0 Å². The van der Waals surface area contributed by atoms with Crippen molar-refractivity contribution >= 4 is 17.7 Å². The minimum absolute atomic E-state index is 0.00843. The maximum Gasteiger partial charge on any atom is 0.327 e. The van der Waals surface area contributed by atoms with Gasteiger partial charge in [-0.05, 0) is 55.7 Å². The van der Waals surface area contributed by atoms with Crippen molar-refractivity contribution in [2.75, 3.05) is 0 Å². The number of amides is 3. The number of carbonyl (C=O) groups excluding carboxylic acids is 3. The van der Waals surface area contributed by atoms with Gasteiger partial charge in [0.1, 0.15) is 6.17 Å². The van der Waals surface area contributed by atoms with E-state index in [1.54, 1.807) is 6.07 Å². The smallest absolute Gasteiger partial charge is 0.327 e. The zero-order chi connectivity index (χ0) is 23.0. The van der Waals surface area contributed by atoms with Gasteiger partial charge in [-0.25, -0.2) is 4.39 Å². The second kappa shape index (κ2) is 8.84. The number of nitrogens with one attached hydrogen (secondary N) is 2. The lowest BCUT2D eigenvalue weighted by molar-refractivity contribution is -0.157. The molecule has 2 unspecified atom stereocenters. The second-order valence-corrected chi connectivity index (χ2v) is 9.10. The quantitative estimate of drug-likeness (QED) is 0.675. The molecule has 1 aromatic carbocycles. The Balaban J connectivity index is 1.38. The average molecular weight is 451 g/mol. The number of rotatable bonds is 5. The van der Waals surface area contributed by atoms with E-state index in [1.165, 1.54) is 0 Å². The Labute approximate surface area is 184 Å².